The summed E-state index contributed by atoms with van der Waals surface area (Å²) in [4.78, 5) is 23.1. The number of nitro groups is 1. The van der Waals surface area contributed by atoms with Gasteiger partial charge in [-0.2, -0.15) is 0 Å². The number of benzene rings is 2. The summed E-state index contributed by atoms with van der Waals surface area (Å²) in [5.74, 6) is 0.219. The van der Waals surface area contributed by atoms with Gasteiger partial charge in [0.15, 0.2) is 11.5 Å². The minimum atomic E-state index is -0.612. The van der Waals surface area contributed by atoms with Crippen LogP contribution in [-0.2, 0) is 4.74 Å². The summed E-state index contributed by atoms with van der Waals surface area (Å²) in [6.45, 7) is 1.39. The molecule has 0 heterocycles. The summed E-state index contributed by atoms with van der Waals surface area (Å²) in [6.07, 6.45) is 1.42. The Kier molecular flexibility index (Phi) is 6.59. The van der Waals surface area contributed by atoms with Gasteiger partial charge < -0.3 is 18.9 Å². The van der Waals surface area contributed by atoms with Crippen molar-refractivity contribution in [3.05, 3.63) is 57.3 Å². The number of esters is 1. The molecule has 0 atom stereocenters. The first-order chi connectivity index (χ1) is 13.4. The van der Waals surface area contributed by atoms with Gasteiger partial charge in [0.1, 0.15) is 0 Å². The number of carbonyl (C=O) groups is 1. The maximum Gasteiger partial charge on any atom is 0.338 e. The van der Waals surface area contributed by atoms with Crippen LogP contribution in [0.15, 0.2) is 36.0 Å². The molecule has 8 heteroatoms. The maximum atomic E-state index is 12.5. The van der Waals surface area contributed by atoms with Crippen LogP contribution in [0.1, 0.15) is 22.8 Å². The molecule has 148 valence electrons. The highest BCUT2D eigenvalue weighted by atomic mass is 16.6. The van der Waals surface area contributed by atoms with E-state index in [0.29, 0.717) is 16.7 Å². The molecule has 2 aromatic rings. The smallest absolute Gasteiger partial charge is 0.338 e. The molecule has 0 unspecified atom stereocenters. The van der Waals surface area contributed by atoms with Crippen molar-refractivity contribution in [1.82, 2.24) is 0 Å². The van der Waals surface area contributed by atoms with Crippen molar-refractivity contribution in [2.45, 2.75) is 6.92 Å². The van der Waals surface area contributed by atoms with Gasteiger partial charge in [-0.05, 0) is 17.2 Å². The Hall–Kier alpha value is -3.55. The fourth-order valence-electron chi connectivity index (χ4n) is 2.82. The van der Waals surface area contributed by atoms with Crippen LogP contribution in [-0.4, -0.2) is 39.3 Å². The number of rotatable bonds is 7. The molecular formula is C20H21NO7. The van der Waals surface area contributed by atoms with Crippen molar-refractivity contribution in [3.63, 3.8) is 0 Å². The standard InChI is InChI=1S/C20H21NO7/c1-12(21(23)24)10-13-8-6-7-9-14(13)17-15(20(22)28-5)11-16(25-2)18(26-3)19(17)27-4/h6-11H,1-5H3/b12-10+. The van der Waals surface area contributed by atoms with Gasteiger partial charge in [0.25, 0.3) is 0 Å². The first-order valence-electron chi connectivity index (χ1n) is 8.22. The number of hydrogen-bond donors (Lipinski definition) is 0. The number of methoxy groups -OCH3 is 4. The van der Waals surface area contributed by atoms with E-state index >= 15 is 0 Å². The lowest BCUT2D eigenvalue weighted by molar-refractivity contribution is -0.422. The molecule has 0 aromatic heterocycles. The Bertz CT molecular complexity index is 934. The second-order valence-corrected chi connectivity index (χ2v) is 5.69. The van der Waals surface area contributed by atoms with Gasteiger partial charge in [-0.1, -0.05) is 24.3 Å². The van der Waals surface area contributed by atoms with Gasteiger partial charge in [0.05, 0.1) is 38.9 Å². The Balaban J connectivity index is 2.94. The van der Waals surface area contributed by atoms with Gasteiger partial charge in [0.2, 0.25) is 11.4 Å². The molecule has 0 radical (unpaired) electrons. The average Bonchev–Trinajstić information content (AvgIpc) is 2.71. The van der Waals surface area contributed by atoms with Gasteiger partial charge in [-0.15, -0.1) is 0 Å². The average molecular weight is 387 g/mol. The minimum absolute atomic E-state index is 0.0495. The van der Waals surface area contributed by atoms with Crippen LogP contribution in [0.3, 0.4) is 0 Å². The minimum Gasteiger partial charge on any atom is -0.493 e. The molecule has 2 rings (SSSR count). The Morgan fingerprint density at radius 1 is 1.04 bits per heavy atom. The topological polar surface area (TPSA) is 97.1 Å². The first-order valence-corrected chi connectivity index (χ1v) is 8.22. The second kappa shape index (κ2) is 8.90. The Labute approximate surface area is 162 Å². The lowest BCUT2D eigenvalue weighted by atomic mass is 9.93. The van der Waals surface area contributed by atoms with Crippen LogP contribution in [0.4, 0.5) is 0 Å². The van der Waals surface area contributed by atoms with Gasteiger partial charge in [-0.25, -0.2) is 4.79 Å². The van der Waals surface area contributed by atoms with Crippen LogP contribution < -0.4 is 14.2 Å². The predicted molar refractivity (Wildman–Crippen MR) is 104 cm³/mol. The van der Waals surface area contributed by atoms with E-state index in [-0.39, 0.29) is 28.5 Å². The van der Waals surface area contributed by atoms with Crippen LogP contribution >= 0.6 is 0 Å². The zero-order chi connectivity index (χ0) is 20.8. The molecule has 0 aliphatic rings. The highest BCUT2D eigenvalue weighted by Gasteiger charge is 2.27. The van der Waals surface area contributed by atoms with Crippen molar-refractivity contribution in [1.29, 1.82) is 0 Å². The third-order valence-electron chi connectivity index (χ3n) is 4.12. The largest absolute Gasteiger partial charge is 0.493 e. The van der Waals surface area contributed by atoms with E-state index in [4.69, 9.17) is 18.9 Å². The molecule has 0 N–H and O–H groups in total. The SMILES string of the molecule is COC(=O)c1cc(OC)c(OC)c(OC)c1-c1ccccc1/C=C(\C)[N+](=O)[O-]. The molecule has 0 aliphatic heterocycles. The Morgan fingerprint density at radius 3 is 2.21 bits per heavy atom. The molecule has 0 saturated heterocycles. The lowest BCUT2D eigenvalue weighted by Gasteiger charge is -2.20. The number of ether oxygens (including phenoxy) is 4. The van der Waals surface area contributed by atoms with Crippen molar-refractivity contribution < 1.29 is 28.7 Å². The molecule has 0 aliphatic carbocycles. The summed E-state index contributed by atoms with van der Waals surface area (Å²) < 4.78 is 21.2. The quantitative estimate of drug-likeness (QED) is 0.405. The summed E-state index contributed by atoms with van der Waals surface area (Å²) in [5.41, 5.74) is 1.59. The van der Waals surface area contributed by atoms with E-state index in [2.05, 4.69) is 0 Å². The lowest BCUT2D eigenvalue weighted by Crippen LogP contribution is -2.08. The van der Waals surface area contributed by atoms with Crippen molar-refractivity contribution in [2.75, 3.05) is 28.4 Å². The van der Waals surface area contributed by atoms with Crippen molar-refractivity contribution in [3.8, 4) is 28.4 Å². The Morgan fingerprint density at radius 2 is 1.68 bits per heavy atom. The monoisotopic (exact) mass is 387 g/mol. The van der Waals surface area contributed by atoms with Gasteiger partial charge in [0, 0.05) is 18.6 Å². The normalized spacial score (nSPS) is 11.0. The number of hydrogen-bond acceptors (Lipinski definition) is 7. The molecule has 0 spiro atoms. The maximum absolute atomic E-state index is 12.5. The summed E-state index contributed by atoms with van der Waals surface area (Å²) in [6, 6.07) is 8.43. The van der Waals surface area contributed by atoms with Crippen molar-refractivity contribution >= 4 is 12.0 Å². The van der Waals surface area contributed by atoms with E-state index in [1.54, 1.807) is 24.3 Å². The zero-order valence-electron chi connectivity index (χ0n) is 16.3. The first kappa shape index (κ1) is 20.8. The third-order valence-corrected chi connectivity index (χ3v) is 4.12. The molecule has 2 aromatic carbocycles. The zero-order valence-corrected chi connectivity index (χ0v) is 16.3. The van der Waals surface area contributed by atoms with E-state index in [0.717, 1.165) is 0 Å². The molecule has 0 fully saturated rings. The molecule has 0 saturated carbocycles. The molecular weight excluding hydrogens is 366 g/mol. The summed E-state index contributed by atoms with van der Waals surface area (Å²) >= 11 is 0. The van der Waals surface area contributed by atoms with E-state index in [9.17, 15) is 14.9 Å². The van der Waals surface area contributed by atoms with Crippen LogP contribution in [0.2, 0.25) is 0 Å². The summed E-state index contributed by atoms with van der Waals surface area (Å²) in [5, 5.41) is 11.1. The van der Waals surface area contributed by atoms with Gasteiger partial charge in [-0.3, -0.25) is 10.1 Å². The molecule has 0 bridgehead atoms. The van der Waals surface area contributed by atoms with Crippen LogP contribution in [0, 0.1) is 10.1 Å². The third kappa shape index (κ3) is 3.90. The fourth-order valence-corrected chi connectivity index (χ4v) is 2.82. The molecule has 0 amide bonds. The highest BCUT2D eigenvalue weighted by Crippen LogP contribution is 2.47. The van der Waals surface area contributed by atoms with Crippen LogP contribution in [0.5, 0.6) is 17.2 Å². The second-order valence-electron chi connectivity index (χ2n) is 5.69. The number of carbonyl (C=O) groups excluding carboxylic acids is 1. The van der Waals surface area contributed by atoms with E-state index in [1.807, 2.05) is 0 Å². The fraction of sp³-hybridized carbons (Fsp3) is 0.250. The summed E-state index contributed by atoms with van der Waals surface area (Å²) in [7, 11) is 5.58. The van der Waals surface area contributed by atoms with Gasteiger partial charge >= 0.3 is 5.97 Å². The molecule has 8 nitrogen and oxygen atoms in total. The van der Waals surface area contributed by atoms with E-state index in [1.165, 1.54) is 47.5 Å². The highest BCUT2D eigenvalue weighted by molar-refractivity contribution is 6.02. The molecule has 28 heavy (non-hydrogen) atoms. The number of nitrogens with zero attached hydrogens (tertiary/aromatic N) is 1. The van der Waals surface area contributed by atoms with E-state index < -0.39 is 10.9 Å². The predicted octanol–water partition coefficient (Wildman–Crippen LogP) is 3.80. The van der Waals surface area contributed by atoms with Crippen molar-refractivity contribution in [2.24, 2.45) is 0 Å². The van der Waals surface area contributed by atoms with Crippen LogP contribution in [0.25, 0.3) is 17.2 Å². The number of allylic oxidation sites excluding steroid dienone is 1.